The molecule has 0 unspecified atom stereocenters. The van der Waals surface area contributed by atoms with E-state index in [0.29, 0.717) is 0 Å². The average Bonchev–Trinajstić information content (AvgIpc) is 2.34. The molecule has 0 fully saturated rings. The fourth-order valence-electron chi connectivity index (χ4n) is 1.39. The molecule has 4 N–H and O–H groups in total. The second-order valence-corrected chi connectivity index (χ2v) is 6.62. The quantitative estimate of drug-likeness (QED) is 0.524. The SMILES string of the molecule is COC(=O)c1ccc(S(=O)(=O)NCC(C)(C)O)c(N)c1. The molecule has 0 amide bonds. The Morgan fingerprint density at radius 3 is 2.50 bits per heavy atom. The van der Waals surface area contributed by atoms with Gasteiger partial charge in [-0.3, -0.25) is 0 Å². The zero-order valence-electron chi connectivity index (χ0n) is 11.5. The number of aliphatic hydroxyl groups is 1. The summed E-state index contributed by atoms with van der Waals surface area (Å²) in [5.74, 6) is -0.606. The number of hydrogen-bond donors (Lipinski definition) is 3. The summed E-state index contributed by atoms with van der Waals surface area (Å²) in [7, 11) is -2.64. The number of anilines is 1. The number of carbonyl (C=O) groups is 1. The molecule has 0 aliphatic rings. The van der Waals surface area contributed by atoms with Gasteiger partial charge in [-0.2, -0.15) is 0 Å². The molecule has 0 aromatic heterocycles. The van der Waals surface area contributed by atoms with Crippen molar-refractivity contribution < 1.29 is 23.1 Å². The van der Waals surface area contributed by atoms with E-state index in [1.165, 1.54) is 39.2 Å². The Kier molecular flexibility index (Phi) is 4.74. The first kappa shape index (κ1) is 16.4. The largest absolute Gasteiger partial charge is 0.465 e. The van der Waals surface area contributed by atoms with Gasteiger partial charge in [0.2, 0.25) is 10.0 Å². The van der Waals surface area contributed by atoms with Crippen molar-refractivity contribution in [2.24, 2.45) is 0 Å². The van der Waals surface area contributed by atoms with Crippen LogP contribution in [-0.4, -0.2) is 38.7 Å². The van der Waals surface area contributed by atoms with E-state index in [2.05, 4.69) is 9.46 Å². The van der Waals surface area contributed by atoms with Crippen LogP contribution in [0.4, 0.5) is 5.69 Å². The summed E-state index contributed by atoms with van der Waals surface area (Å²) in [6, 6.07) is 3.75. The van der Waals surface area contributed by atoms with Crippen molar-refractivity contribution in [3.05, 3.63) is 23.8 Å². The fraction of sp³-hybridized carbons (Fsp3) is 0.417. The number of nitrogen functional groups attached to an aromatic ring is 1. The minimum Gasteiger partial charge on any atom is -0.465 e. The second-order valence-electron chi connectivity index (χ2n) is 4.88. The van der Waals surface area contributed by atoms with E-state index in [4.69, 9.17) is 5.73 Å². The molecule has 0 atom stereocenters. The van der Waals surface area contributed by atoms with Crippen LogP contribution < -0.4 is 10.5 Å². The van der Waals surface area contributed by atoms with Gasteiger partial charge in [0, 0.05) is 6.54 Å². The highest BCUT2D eigenvalue weighted by Crippen LogP contribution is 2.20. The lowest BCUT2D eigenvalue weighted by Gasteiger charge is -2.18. The van der Waals surface area contributed by atoms with Crippen molar-refractivity contribution in [2.45, 2.75) is 24.3 Å². The molecule has 0 bridgehead atoms. The standard InChI is InChI=1S/C12H18N2O5S/c1-12(2,16)7-14-20(17,18)10-5-4-8(6-9(10)13)11(15)19-3/h4-6,14,16H,7,13H2,1-3H3. The Morgan fingerprint density at radius 2 is 2.05 bits per heavy atom. The molecule has 0 aliphatic heterocycles. The van der Waals surface area contributed by atoms with E-state index in [0.717, 1.165) is 0 Å². The number of ether oxygens (including phenoxy) is 1. The lowest BCUT2D eigenvalue weighted by atomic mass is 10.1. The van der Waals surface area contributed by atoms with Crippen LogP contribution in [0.1, 0.15) is 24.2 Å². The number of hydrogen-bond acceptors (Lipinski definition) is 6. The van der Waals surface area contributed by atoms with Crippen molar-refractivity contribution in [2.75, 3.05) is 19.4 Å². The van der Waals surface area contributed by atoms with Gasteiger partial charge in [-0.25, -0.2) is 17.9 Å². The summed E-state index contributed by atoms with van der Waals surface area (Å²) in [6.45, 7) is 2.78. The highest BCUT2D eigenvalue weighted by molar-refractivity contribution is 7.89. The predicted octanol–water partition coefficient (Wildman–Crippen LogP) is 0.105. The molecule has 7 nitrogen and oxygen atoms in total. The van der Waals surface area contributed by atoms with Crippen molar-refractivity contribution >= 4 is 21.7 Å². The van der Waals surface area contributed by atoms with Crippen LogP contribution in [0.5, 0.6) is 0 Å². The first-order chi connectivity index (χ1) is 9.07. The van der Waals surface area contributed by atoms with Crippen LogP contribution in [-0.2, 0) is 14.8 Å². The van der Waals surface area contributed by atoms with Gasteiger partial charge < -0.3 is 15.6 Å². The number of nitrogens with one attached hydrogen (secondary N) is 1. The molecule has 0 radical (unpaired) electrons. The molecule has 0 aliphatic carbocycles. The number of carbonyl (C=O) groups excluding carboxylic acids is 1. The van der Waals surface area contributed by atoms with E-state index < -0.39 is 21.6 Å². The maximum atomic E-state index is 12.0. The summed E-state index contributed by atoms with van der Waals surface area (Å²) in [5.41, 5.74) is 4.55. The Balaban J connectivity index is 3.05. The van der Waals surface area contributed by atoms with Crippen LogP contribution >= 0.6 is 0 Å². The van der Waals surface area contributed by atoms with Crippen LogP contribution in [0, 0.1) is 0 Å². The minimum absolute atomic E-state index is 0.0730. The average molecular weight is 302 g/mol. The van der Waals surface area contributed by atoms with E-state index in [9.17, 15) is 18.3 Å². The molecule has 112 valence electrons. The number of sulfonamides is 1. The Labute approximate surface area is 117 Å². The third kappa shape index (κ3) is 4.19. The van der Waals surface area contributed by atoms with Crippen molar-refractivity contribution in [1.29, 1.82) is 0 Å². The van der Waals surface area contributed by atoms with Gasteiger partial charge in [0.15, 0.2) is 0 Å². The maximum Gasteiger partial charge on any atom is 0.337 e. The van der Waals surface area contributed by atoms with E-state index in [-0.39, 0.29) is 22.7 Å². The fourth-order valence-corrected chi connectivity index (χ4v) is 2.70. The summed E-state index contributed by atoms with van der Waals surface area (Å²) >= 11 is 0. The van der Waals surface area contributed by atoms with Crippen molar-refractivity contribution in [1.82, 2.24) is 4.72 Å². The molecule has 1 rings (SSSR count). The molecule has 0 saturated heterocycles. The highest BCUT2D eigenvalue weighted by atomic mass is 32.2. The lowest BCUT2D eigenvalue weighted by Crippen LogP contribution is -2.38. The first-order valence-electron chi connectivity index (χ1n) is 5.77. The number of rotatable bonds is 5. The normalized spacial score (nSPS) is 12.2. The molecule has 8 heteroatoms. The molecule has 0 spiro atoms. The minimum atomic E-state index is -3.86. The molecule has 1 aromatic carbocycles. The summed E-state index contributed by atoms with van der Waals surface area (Å²) in [6.07, 6.45) is 0. The molecular weight excluding hydrogens is 284 g/mol. The van der Waals surface area contributed by atoms with E-state index >= 15 is 0 Å². The van der Waals surface area contributed by atoms with E-state index in [1.807, 2.05) is 0 Å². The molecule has 0 saturated carbocycles. The third-order valence-corrected chi connectivity index (χ3v) is 3.89. The van der Waals surface area contributed by atoms with Crippen LogP contribution in [0.25, 0.3) is 0 Å². The summed E-state index contributed by atoms with van der Waals surface area (Å²) in [5, 5.41) is 9.53. The number of benzene rings is 1. The zero-order valence-corrected chi connectivity index (χ0v) is 12.3. The van der Waals surface area contributed by atoms with Gasteiger partial charge in [0.1, 0.15) is 4.90 Å². The topological polar surface area (TPSA) is 119 Å². The van der Waals surface area contributed by atoms with Gasteiger partial charge in [-0.15, -0.1) is 0 Å². The molecule has 1 aromatic rings. The Bertz CT molecular complexity index is 605. The molecule has 20 heavy (non-hydrogen) atoms. The van der Waals surface area contributed by atoms with E-state index in [1.54, 1.807) is 0 Å². The van der Waals surface area contributed by atoms with Crippen molar-refractivity contribution in [3.8, 4) is 0 Å². The maximum absolute atomic E-state index is 12.0. The number of nitrogens with two attached hydrogens (primary N) is 1. The van der Waals surface area contributed by atoms with Gasteiger partial charge >= 0.3 is 5.97 Å². The van der Waals surface area contributed by atoms with Crippen LogP contribution in [0.3, 0.4) is 0 Å². The predicted molar refractivity (Wildman–Crippen MR) is 73.7 cm³/mol. The number of esters is 1. The van der Waals surface area contributed by atoms with Crippen LogP contribution in [0.15, 0.2) is 23.1 Å². The number of methoxy groups -OCH3 is 1. The zero-order chi connectivity index (χ0) is 15.6. The van der Waals surface area contributed by atoms with Crippen LogP contribution in [0.2, 0.25) is 0 Å². The van der Waals surface area contributed by atoms with Gasteiger partial charge in [0.05, 0.1) is 24.0 Å². The third-order valence-electron chi connectivity index (χ3n) is 2.42. The Morgan fingerprint density at radius 1 is 1.45 bits per heavy atom. The Hall–Kier alpha value is -1.64. The summed E-state index contributed by atoms with van der Waals surface area (Å²) < 4.78 is 30.8. The monoisotopic (exact) mass is 302 g/mol. The second kappa shape index (κ2) is 5.78. The van der Waals surface area contributed by atoms with Gasteiger partial charge in [0.25, 0.3) is 0 Å². The highest BCUT2D eigenvalue weighted by Gasteiger charge is 2.22. The molecular formula is C12H18N2O5S. The lowest BCUT2D eigenvalue weighted by molar-refractivity contribution is 0.0600. The van der Waals surface area contributed by atoms with Gasteiger partial charge in [-0.1, -0.05) is 0 Å². The van der Waals surface area contributed by atoms with Crippen molar-refractivity contribution in [3.63, 3.8) is 0 Å². The molecule has 0 heterocycles. The summed E-state index contributed by atoms with van der Waals surface area (Å²) in [4.78, 5) is 11.1. The van der Waals surface area contributed by atoms with Gasteiger partial charge in [-0.05, 0) is 32.0 Å². The first-order valence-corrected chi connectivity index (χ1v) is 7.25. The smallest absolute Gasteiger partial charge is 0.337 e.